The van der Waals surface area contributed by atoms with Gasteiger partial charge in [0.25, 0.3) is 0 Å². The number of aromatic nitrogens is 3. The minimum atomic E-state index is -0.159. The lowest BCUT2D eigenvalue weighted by Gasteiger charge is -2.30. The molecule has 0 bridgehead atoms. The summed E-state index contributed by atoms with van der Waals surface area (Å²) < 4.78 is 6.81. The minimum absolute atomic E-state index is 0.159. The zero-order valence-electron chi connectivity index (χ0n) is 11.8. The van der Waals surface area contributed by atoms with E-state index in [2.05, 4.69) is 35.3 Å². The van der Waals surface area contributed by atoms with E-state index < -0.39 is 0 Å². The van der Waals surface area contributed by atoms with Gasteiger partial charge in [0, 0.05) is 17.4 Å². The van der Waals surface area contributed by atoms with Gasteiger partial charge in [0.1, 0.15) is 11.2 Å². The summed E-state index contributed by atoms with van der Waals surface area (Å²) in [6, 6.07) is 2.14. The molecule has 1 aliphatic heterocycles. The number of nitrogens with two attached hydrogens (primary N) is 1. The SMILES string of the molecule is CC1(C)Cc2nc3sc4c(NN)ncnc4c3cc2CO1. The van der Waals surface area contributed by atoms with Crippen LogP contribution in [0.4, 0.5) is 5.82 Å². The van der Waals surface area contributed by atoms with E-state index in [1.165, 1.54) is 6.33 Å². The second-order valence-electron chi connectivity index (χ2n) is 5.82. The lowest BCUT2D eigenvalue weighted by atomic mass is 9.95. The third-order valence-corrected chi connectivity index (χ3v) is 4.86. The Labute approximate surface area is 125 Å². The maximum Gasteiger partial charge on any atom is 0.161 e. The molecule has 3 aromatic heterocycles. The fourth-order valence-corrected chi connectivity index (χ4v) is 3.77. The molecule has 0 radical (unpaired) electrons. The van der Waals surface area contributed by atoms with Gasteiger partial charge in [-0.05, 0) is 19.9 Å². The van der Waals surface area contributed by atoms with Gasteiger partial charge in [-0.25, -0.2) is 20.8 Å². The van der Waals surface area contributed by atoms with Gasteiger partial charge >= 0.3 is 0 Å². The molecule has 0 unspecified atom stereocenters. The molecule has 0 fully saturated rings. The Morgan fingerprint density at radius 2 is 2.24 bits per heavy atom. The first-order valence-corrected chi connectivity index (χ1v) is 7.56. The molecule has 0 aliphatic carbocycles. The van der Waals surface area contributed by atoms with Gasteiger partial charge in [0.2, 0.25) is 0 Å². The van der Waals surface area contributed by atoms with Crippen LogP contribution in [0.15, 0.2) is 12.4 Å². The summed E-state index contributed by atoms with van der Waals surface area (Å²) in [6.45, 7) is 4.78. The topological polar surface area (TPSA) is 86.0 Å². The average Bonchev–Trinajstić information content (AvgIpc) is 2.81. The predicted octanol–water partition coefficient (Wildman–Crippen LogP) is 2.38. The van der Waals surface area contributed by atoms with Gasteiger partial charge in [-0.1, -0.05) is 0 Å². The summed E-state index contributed by atoms with van der Waals surface area (Å²) in [5.41, 5.74) is 5.60. The van der Waals surface area contributed by atoms with Crippen LogP contribution in [0, 0.1) is 0 Å². The molecule has 6 nitrogen and oxygen atoms in total. The number of pyridine rings is 1. The highest BCUT2D eigenvalue weighted by Gasteiger charge is 2.28. The molecule has 3 N–H and O–H groups in total. The molecular formula is C14H15N5OS. The van der Waals surface area contributed by atoms with Crippen LogP contribution in [0.5, 0.6) is 0 Å². The molecule has 0 saturated heterocycles. The van der Waals surface area contributed by atoms with Gasteiger partial charge in [-0.3, -0.25) is 0 Å². The van der Waals surface area contributed by atoms with Crippen LogP contribution in [0.2, 0.25) is 0 Å². The van der Waals surface area contributed by atoms with Gasteiger partial charge in [-0.2, -0.15) is 0 Å². The second-order valence-corrected chi connectivity index (χ2v) is 6.82. The minimum Gasteiger partial charge on any atom is -0.370 e. The first-order valence-electron chi connectivity index (χ1n) is 6.74. The number of hydrazine groups is 1. The van der Waals surface area contributed by atoms with Crippen molar-refractivity contribution in [2.45, 2.75) is 32.5 Å². The molecule has 0 aromatic carbocycles. The zero-order valence-corrected chi connectivity index (χ0v) is 12.6. The normalized spacial score (nSPS) is 17.1. The Hall–Kier alpha value is -1.83. The van der Waals surface area contributed by atoms with Crippen molar-refractivity contribution in [1.29, 1.82) is 0 Å². The van der Waals surface area contributed by atoms with Crippen molar-refractivity contribution in [3.05, 3.63) is 23.7 Å². The Morgan fingerprint density at radius 1 is 1.38 bits per heavy atom. The number of fused-ring (bicyclic) bond motifs is 4. The van der Waals surface area contributed by atoms with E-state index in [-0.39, 0.29) is 5.60 Å². The molecule has 7 heteroatoms. The monoisotopic (exact) mass is 301 g/mol. The maximum absolute atomic E-state index is 5.87. The average molecular weight is 301 g/mol. The van der Waals surface area contributed by atoms with Crippen molar-refractivity contribution < 1.29 is 4.74 Å². The van der Waals surface area contributed by atoms with E-state index in [9.17, 15) is 0 Å². The summed E-state index contributed by atoms with van der Waals surface area (Å²) in [6.07, 6.45) is 2.34. The second kappa shape index (κ2) is 4.33. The number of hydrogen-bond donors (Lipinski definition) is 2. The quantitative estimate of drug-likeness (QED) is 0.530. The Balaban J connectivity index is 2.00. The molecule has 4 rings (SSSR count). The molecule has 0 amide bonds. The van der Waals surface area contributed by atoms with E-state index in [0.717, 1.165) is 38.1 Å². The molecule has 0 spiro atoms. The lowest BCUT2D eigenvalue weighted by Crippen LogP contribution is -2.32. The smallest absolute Gasteiger partial charge is 0.161 e. The fourth-order valence-electron chi connectivity index (χ4n) is 2.69. The highest BCUT2D eigenvalue weighted by molar-refractivity contribution is 7.25. The van der Waals surface area contributed by atoms with Crippen molar-refractivity contribution in [2.24, 2.45) is 5.84 Å². The Morgan fingerprint density at radius 3 is 3.05 bits per heavy atom. The van der Waals surface area contributed by atoms with Gasteiger partial charge in [0.05, 0.1) is 28.1 Å². The van der Waals surface area contributed by atoms with Crippen molar-refractivity contribution >= 4 is 37.6 Å². The molecule has 1 aliphatic rings. The zero-order chi connectivity index (χ0) is 14.6. The molecule has 3 aromatic rings. The molecule has 21 heavy (non-hydrogen) atoms. The number of hydrogen-bond acceptors (Lipinski definition) is 7. The van der Waals surface area contributed by atoms with Gasteiger partial charge in [-0.15, -0.1) is 11.3 Å². The number of nitrogens with zero attached hydrogens (tertiary/aromatic N) is 3. The van der Waals surface area contributed by atoms with Crippen LogP contribution in [0.3, 0.4) is 0 Å². The van der Waals surface area contributed by atoms with Crippen LogP contribution in [0.25, 0.3) is 20.4 Å². The Kier molecular flexibility index (Phi) is 2.66. The highest BCUT2D eigenvalue weighted by Crippen LogP contribution is 2.37. The summed E-state index contributed by atoms with van der Waals surface area (Å²) in [5, 5.41) is 1.04. The standard InChI is InChI=1S/C14H15N5OS/c1-14(2)4-9-7(5-20-14)3-8-10-11(21-13(8)18-9)12(19-15)17-6-16-10/h3,6H,4-5,15H2,1-2H3,(H,16,17,19). The molecule has 108 valence electrons. The van der Waals surface area contributed by atoms with Gasteiger partial charge < -0.3 is 10.2 Å². The molecule has 4 heterocycles. The number of rotatable bonds is 1. The van der Waals surface area contributed by atoms with Crippen molar-refractivity contribution in [1.82, 2.24) is 15.0 Å². The predicted molar refractivity (Wildman–Crippen MR) is 83.1 cm³/mol. The largest absolute Gasteiger partial charge is 0.370 e. The highest BCUT2D eigenvalue weighted by atomic mass is 32.1. The maximum atomic E-state index is 5.87. The number of anilines is 1. The van der Waals surface area contributed by atoms with E-state index in [0.29, 0.717) is 12.4 Å². The number of nitrogen functional groups attached to an aromatic ring is 1. The number of nitrogens with one attached hydrogen (secondary N) is 1. The third kappa shape index (κ3) is 1.97. The first kappa shape index (κ1) is 12.9. The van der Waals surface area contributed by atoms with Crippen LogP contribution in [-0.2, 0) is 17.8 Å². The van der Waals surface area contributed by atoms with Crippen LogP contribution in [0.1, 0.15) is 25.1 Å². The summed E-state index contributed by atoms with van der Waals surface area (Å²) in [5.74, 6) is 6.16. The van der Waals surface area contributed by atoms with E-state index >= 15 is 0 Å². The van der Waals surface area contributed by atoms with Crippen molar-refractivity contribution in [3.63, 3.8) is 0 Å². The van der Waals surface area contributed by atoms with Crippen molar-refractivity contribution in [3.8, 4) is 0 Å². The van der Waals surface area contributed by atoms with E-state index in [1.54, 1.807) is 11.3 Å². The molecular weight excluding hydrogens is 286 g/mol. The third-order valence-electron chi connectivity index (χ3n) is 3.76. The lowest BCUT2D eigenvalue weighted by molar-refractivity contribution is -0.0411. The fraction of sp³-hybridized carbons (Fsp3) is 0.357. The molecule has 0 saturated carbocycles. The summed E-state index contributed by atoms with van der Waals surface area (Å²) >= 11 is 1.57. The number of ether oxygens (including phenoxy) is 1. The number of thiophene rings is 1. The van der Waals surface area contributed by atoms with Crippen LogP contribution >= 0.6 is 11.3 Å². The molecule has 0 atom stereocenters. The summed E-state index contributed by atoms with van der Waals surface area (Å²) in [7, 11) is 0. The van der Waals surface area contributed by atoms with Gasteiger partial charge in [0.15, 0.2) is 5.82 Å². The summed E-state index contributed by atoms with van der Waals surface area (Å²) in [4.78, 5) is 14.3. The Bertz CT molecular complexity index is 857. The van der Waals surface area contributed by atoms with Crippen LogP contribution in [-0.4, -0.2) is 20.6 Å². The first-order chi connectivity index (χ1) is 10.1. The van der Waals surface area contributed by atoms with Crippen LogP contribution < -0.4 is 11.3 Å². The van der Waals surface area contributed by atoms with E-state index in [1.807, 2.05) is 0 Å². The van der Waals surface area contributed by atoms with E-state index in [4.69, 9.17) is 15.6 Å². The van der Waals surface area contributed by atoms with Crippen molar-refractivity contribution in [2.75, 3.05) is 5.43 Å².